The molecule has 0 saturated heterocycles. The van der Waals surface area contributed by atoms with Crippen LogP contribution in [-0.2, 0) is 4.79 Å². The van der Waals surface area contributed by atoms with Crippen molar-refractivity contribution in [3.63, 3.8) is 0 Å². The fourth-order valence-electron chi connectivity index (χ4n) is 2.57. The average molecular weight is 291 g/mol. The van der Waals surface area contributed by atoms with E-state index in [1.54, 1.807) is 0 Å². The molecule has 1 aromatic carbocycles. The molecule has 0 aliphatic heterocycles. The fourth-order valence-corrected chi connectivity index (χ4v) is 2.57. The molecule has 21 heavy (non-hydrogen) atoms. The number of nitrogens with one attached hydrogen (secondary N) is 1. The fraction of sp³-hybridized carbons (Fsp3) is 0.588. The molecule has 1 amide bonds. The number of hydrogen-bond acceptors (Lipinski definition) is 3. The van der Waals surface area contributed by atoms with E-state index in [2.05, 4.69) is 26.1 Å². The topological polar surface area (TPSA) is 58.4 Å². The molecule has 1 aromatic rings. The van der Waals surface area contributed by atoms with Gasteiger partial charge in [-0.2, -0.15) is 0 Å². The quantitative estimate of drug-likeness (QED) is 0.812. The van der Waals surface area contributed by atoms with Crippen molar-refractivity contribution >= 4 is 17.3 Å². The highest BCUT2D eigenvalue weighted by Gasteiger charge is 2.14. The smallest absolute Gasteiger partial charge is 0.224 e. The summed E-state index contributed by atoms with van der Waals surface area (Å²) >= 11 is 0. The first-order valence-corrected chi connectivity index (χ1v) is 7.61. The lowest BCUT2D eigenvalue weighted by Gasteiger charge is -2.19. The van der Waals surface area contributed by atoms with Gasteiger partial charge in [0.25, 0.3) is 0 Å². The van der Waals surface area contributed by atoms with E-state index in [4.69, 9.17) is 5.73 Å². The van der Waals surface area contributed by atoms with Gasteiger partial charge in [0.05, 0.1) is 0 Å². The van der Waals surface area contributed by atoms with Crippen molar-refractivity contribution in [3.05, 3.63) is 23.8 Å². The lowest BCUT2D eigenvalue weighted by atomic mass is 9.94. The van der Waals surface area contributed by atoms with Crippen LogP contribution in [0.4, 0.5) is 11.4 Å². The third-order valence-electron chi connectivity index (χ3n) is 3.59. The highest BCUT2D eigenvalue weighted by atomic mass is 16.1. The molecule has 1 unspecified atom stereocenters. The summed E-state index contributed by atoms with van der Waals surface area (Å²) in [5.74, 6) is 0.856. The monoisotopic (exact) mass is 291 g/mol. The normalized spacial score (nSPS) is 12.3. The minimum atomic E-state index is 0.0414. The maximum atomic E-state index is 12.1. The average Bonchev–Trinajstić information content (AvgIpc) is 2.39. The molecule has 0 aliphatic carbocycles. The number of nitrogens with zero attached hydrogens (tertiary/aromatic N) is 1. The Labute approximate surface area is 128 Å². The Kier molecular flexibility index (Phi) is 6.69. The van der Waals surface area contributed by atoms with Crippen LogP contribution >= 0.6 is 0 Å². The molecule has 0 aliphatic rings. The van der Waals surface area contributed by atoms with Gasteiger partial charge >= 0.3 is 0 Å². The number of nitrogens with two attached hydrogens (primary N) is 1. The van der Waals surface area contributed by atoms with Crippen LogP contribution in [0, 0.1) is 18.8 Å². The first kappa shape index (κ1) is 17.5. The summed E-state index contributed by atoms with van der Waals surface area (Å²) in [7, 11) is 4.00. The van der Waals surface area contributed by atoms with Crippen LogP contribution in [0.15, 0.2) is 18.2 Å². The minimum absolute atomic E-state index is 0.0414. The predicted octanol–water partition coefficient (Wildman–Crippen LogP) is 3.01. The van der Waals surface area contributed by atoms with Gasteiger partial charge in [-0.25, -0.2) is 0 Å². The van der Waals surface area contributed by atoms with Gasteiger partial charge in [-0.15, -0.1) is 0 Å². The third kappa shape index (κ3) is 5.76. The van der Waals surface area contributed by atoms with E-state index in [1.165, 1.54) is 5.56 Å². The Hall–Kier alpha value is -1.55. The standard InChI is InChI=1S/C17H29N3O/c1-12(2)8-14(11-18)9-17(21)19-15-7-6-13(3)16(10-15)20(4)5/h6-7,10,12,14H,8-9,11,18H2,1-5H3,(H,19,21). The van der Waals surface area contributed by atoms with Crippen molar-refractivity contribution < 1.29 is 4.79 Å². The van der Waals surface area contributed by atoms with Gasteiger partial charge in [-0.1, -0.05) is 19.9 Å². The Morgan fingerprint density at radius 2 is 2.00 bits per heavy atom. The lowest BCUT2D eigenvalue weighted by molar-refractivity contribution is -0.117. The summed E-state index contributed by atoms with van der Waals surface area (Å²) in [4.78, 5) is 14.2. The Morgan fingerprint density at radius 3 is 2.52 bits per heavy atom. The second kappa shape index (κ2) is 8.03. The Balaban J connectivity index is 2.68. The van der Waals surface area contributed by atoms with Gasteiger partial charge < -0.3 is 16.0 Å². The molecule has 0 heterocycles. The zero-order chi connectivity index (χ0) is 16.0. The van der Waals surface area contributed by atoms with E-state index in [9.17, 15) is 4.79 Å². The predicted molar refractivity (Wildman–Crippen MR) is 90.8 cm³/mol. The molecule has 3 N–H and O–H groups in total. The van der Waals surface area contributed by atoms with E-state index >= 15 is 0 Å². The van der Waals surface area contributed by atoms with Crippen molar-refractivity contribution in [1.82, 2.24) is 0 Å². The van der Waals surface area contributed by atoms with Crippen molar-refractivity contribution in [1.29, 1.82) is 0 Å². The van der Waals surface area contributed by atoms with Crippen LogP contribution in [0.5, 0.6) is 0 Å². The molecular formula is C17H29N3O. The molecule has 118 valence electrons. The number of amides is 1. The number of aryl methyl sites for hydroxylation is 1. The number of carbonyl (C=O) groups excluding carboxylic acids is 1. The van der Waals surface area contributed by atoms with Gasteiger partial charge in [0, 0.05) is 31.9 Å². The third-order valence-corrected chi connectivity index (χ3v) is 3.59. The number of carbonyl (C=O) groups is 1. The van der Waals surface area contributed by atoms with Gasteiger partial charge in [-0.05, 0) is 49.4 Å². The molecule has 0 bridgehead atoms. The first-order chi connectivity index (χ1) is 9.83. The first-order valence-electron chi connectivity index (χ1n) is 7.61. The highest BCUT2D eigenvalue weighted by Crippen LogP contribution is 2.23. The van der Waals surface area contributed by atoms with Crippen LogP contribution < -0.4 is 16.0 Å². The summed E-state index contributed by atoms with van der Waals surface area (Å²) in [6.07, 6.45) is 1.47. The van der Waals surface area contributed by atoms with Crippen molar-refractivity contribution in [2.24, 2.45) is 17.6 Å². The summed E-state index contributed by atoms with van der Waals surface area (Å²) in [5.41, 5.74) is 8.91. The van der Waals surface area contributed by atoms with Crippen molar-refractivity contribution in [2.45, 2.75) is 33.6 Å². The van der Waals surface area contributed by atoms with Gasteiger partial charge in [0.15, 0.2) is 0 Å². The SMILES string of the molecule is Cc1ccc(NC(=O)CC(CN)CC(C)C)cc1N(C)C. The maximum Gasteiger partial charge on any atom is 0.224 e. The van der Waals surface area contributed by atoms with Crippen LogP contribution in [0.3, 0.4) is 0 Å². The molecular weight excluding hydrogens is 262 g/mol. The zero-order valence-electron chi connectivity index (χ0n) is 13.9. The molecule has 1 rings (SSSR count). The lowest BCUT2D eigenvalue weighted by Crippen LogP contribution is -2.23. The molecule has 0 aromatic heterocycles. The van der Waals surface area contributed by atoms with Crippen LogP contribution in [0.25, 0.3) is 0 Å². The second-order valence-electron chi connectivity index (χ2n) is 6.38. The summed E-state index contributed by atoms with van der Waals surface area (Å²) in [6.45, 7) is 6.93. The molecule has 4 heteroatoms. The van der Waals surface area contributed by atoms with E-state index in [0.29, 0.717) is 18.9 Å². The minimum Gasteiger partial charge on any atom is -0.377 e. The van der Waals surface area contributed by atoms with E-state index in [1.807, 2.05) is 37.2 Å². The zero-order valence-corrected chi connectivity index (χ0v) is 13.9. The van der Waals surface area contributed by atoms with Crippen LogP contribution in [-0.4, -0.2) is 26.5 Å². The van der Waals surface area contributed by atoms with E-state index < -0.39 is 0 Å². The molecule has 0 saturated carbocycles. The Morgan fingerprint density at radius 1 is 1.33 bits per heavy atom. The number of hydrogen-bond donors (Lipinski definition) is 2. The van der Waals surface area contributed by atoms with Crippen LogP contribution in [0.2, 0.25) is 0 Å². The van der Waals surface area contributed by atoms with Gasteiger partial charge in [0.2, 0.25) is 5.91 Å². The van der Waals surface area contributed by atoms with Crippen molar-refractivity contribution in [3.8, 4) is 0 Å². The largest absolute Gasteiger partial charge is 0.377 e. The van der Waals surface area contributed by atoms with Crippen molar-refractivity contribution in [2.75, 3.05) is 30.9 Å². The molecule has 4 nitrogen and oxygen atoms in total. The number of benzene rings is 1. The summed E-state index contributed by atoms with van der Waals surface area (Å²) in [6, 6.07) is 5.98. The Bertz CT molecular complexity index is 469. The van der Waals surface area contributed by atoms with E-state index in [0.717, 1.165) is 17.8 Å². The maximum absolute atomic E-state index is 12.1. The number of rotatable bonds is 7. The summed E-state index contributed by atoms with van der Waals surface area (Å²) < 4.78 is 0. The molecule has 1 atom stereocenters. The van der Waals surface area contributed by atoms with Gasteiger partial charge in [-0.3, -0.25) is 4.79 Å². The summed E-state index contributed by atoms with van der Waals surface area (Å²) in [5, 5.41) is 2.98. The highest BCUT2D eigenvalue weighted by molar-refractivity contribution is 5.91. The molecule has 0 radical (unpaired) electrons. The van der Waals surface area contributed by atoms with E-state index in [-0.39, 0.29) is 11.8 Å². The van der Waals surface area contributed by atoms with Gasteiger partial charge in [0.1, 0.15) is 0 Å². The number of anilines is 2. The second-order valence-corrected chi connectivity index (χ2v) is 6.38. The van der Waals surface area contributed by atoms with Crippen LogP contribution in [0.1, 0.15) is 32.3 Å². The molecule has 0 spiro atoms. The molecule has 0 fully saturated rings.